The summed E-state index contributed by atoms with van der Waals surface area (Å²) in [5.74, 6) is -0.0762. The van der Waals surface area contributed by atoms with E-state index >= 15 is 0 Å². The highest BCUT2D eigenvalue weighted by Gasteiger charge is 2.24. The molecule has 0 aliphatic carbocycles. The van der Waals surface area contributed by atoms with E-state index < -0.39 is 0 Å². The Kier molecular flexibility index (Phi) is 5.19. The molecule has 1 aliphatic rings. The van der Waals surface area contributed by atoms with Crippen LogP contribution in [0, 0.1) is 12.7 Å². The lowest BCUT2D eigenvalue weighted by Gasteiger charge is -2.36. The second-order valence-corrected chi connectivity index (χ2v) is 7.45. The first-order valence-corrected chi connectivity index (χ1v) is 9.29. The molecule has 0 saturated carbocycles. The Morgan fingerprint density at radius 1 is 1.17 bits per heavy atom. The van der Waals surface area contributed by atoms with E-state index in [4.69, 9.17) is 0 Å². The predicted molar refractivity (Wildman–Crippen MR) is 97.6 cm³/mol. The Morgan fingerprint density at radius 3 is 2.46 bits per heavy atom. The minimum atomic E-state index is -0.219. The first-order valence-electron chi connectivity index (χ1n) is 8.47. The van der Waals surface area contributed by atoms with Gasteiger partial charge in [-0.05, 0) is 49.2 Å². The number of rotatable bonds is 4. The van der Waals surface area contributed by atoms with Gasteiger partial charge in [0.2, 0.25) is 0 Å². The lowest BCUT2D eigenvalue weighted by atomic mass is 10.1. The van der Waals surface area contributed by atoms with Crippen LogP contribution in [0.5, 0.6) is 0 Å². The summed E-state index contributed by atoms with van der Waals surface area (Å²) >= 11 is 1.61. The van der Waals surface area contributed by atoms with Gasteiger partial charge in [-0.25, -0.2) is 4.39 Å². The van der Waals surface area contributed by atoms with Crippen LogP contribution in [0.25, 0.3) is 0 Å². The van der Waals surface area contributed by atoms with Gasteiger partial charge < -0.3 is 9.80 Å². The highest BCUT2D eigenvalue weighted by Crippen LogP contribution is 2.25. The maximum Gasteiger partial charge on any atom is 0.264 e. The summed E-state index contributed by atoms with van der Waals surface area (Å²) in [5, 5.41) is 0. The monoisotopic (exact) mass is 346 g/mol. The van der Waals surface area contributed by atoms with E-state index in [0.29, 0.717) is 13.1 Å². The summed E-state index contributed by atoms with van der Waals surface area (Å²) in [5.41, 5.74) is 2.32. The zero-order chi connectivity index (χ0) is 17.1. The van der Waals surface area contributed by atoms with Crippen molar-refractivity contribution in [2.45, 2.75) is 26.7 Å². The fraction of sp³-hybridized carbons (Fsp3) is 0.421. The molecular weight excluding hydrogens is 323 g/mol. The molecule has 1 aromatic carbocycles. The quantitative estimate of drug-likeness (QED) is 0.832. The SMILES string of the molecule is CCCc1cc(C(=O)N2CCN(c3ccc(F)cc3)CC2)sc1C. The zero-order valence-electron chi connectivity index (χ0n) is 14.2. The Labute approximate surface area is 146 Å². The van der Waals surface area contributed by atoms with Crippen molar-refractivity contribution in [2.24, 2.45) is 0 Å². The fourth-order valence-electron chi connectivity index (χ4n) is 3.12. The summed E-state index contributed by atoms with van der Waals surface area (Å²) in [7, 11) is 0. The first-order chi connectivity index (χ1) is 11.6. The molecule has 0 spiro atoms. The lowest BCUT2D eigenvalue weighted by molar-refractivity contribution is 0.0751. The number of carbonyl (C=O) groups excluding carboxylic acids is 1. The topological polar surface area (TPSA) is 23.6 Å². The number of hydrogen-bond donors (Lipinski definition) is 0. The van der Waals surface area contributed by atoms with Gasteiger partial charge in [0.05, 0.1) is 4.88 Å². The molecule has 128 valence electrons. The van der Waals surface area contributed by atoms with Crippen LogP contribution < -0.4 is 4.90 Å². The fourth-order valence-corrected chi connectivity index (χ4v) is 4.16. The maximum atomic E-state index is 13.0. The van der Waals surface area contributed by atoms with Gasteiger partial charge in [-0.2, -0.15) is 0 Å². The maximum absolute atomic E-state index is 13.0. The molecule has 0 radical (unpaired) electrons. The minimum Gasteiger partial charge on any atom is -0.368 e. The van der Waals surface area contributed by atoms with Crippen molar-refractivity contribution in [3.8, 4) is 0 Å². The summed E-state index contributed by atoms with van der Waals surface area (Å²) in [6.45, 7) is 7.23. The smallest absolute Gasteiger partial charge is 0.264 e. The molecule has 1 saturated heterocycles. The Morgan fingerprint density at radius 2 is 1.83 bits per heavy atom. The molecule has 3 nitrogen and oxygen atoms in total. The molecule has 1 fully saturated rings. The van der Waals surface area contributed by atoms with Crippen LogP contribution in [0.1, 0.15) is 33.5 Å². The van der Waals surface area contributed by atoms with Gasteiger partial charge in [-0.3, -0.25) is 4.79 Å². The van der Waals surface area contributed by atoms with Crippen molar-refractivity contribution < 1.29 is 9.18 Å². The molecule has 0 bridgehead atoms. The average molecular weight is 346 g/mol. The van der Waals surface area contributed by atoms with Crippen molar-refractivity contribution in [2.75, 3.05) is 31.1 Å². The minimum absolute atomic E-state index is 0.143. The molecule has 1 aliphatic heterocycles. The van der Waals surface area contributed by atoms with E-state index in [-0.39, 0.29) is 11.7 Å². The second-order valence-electron chi connectivity index (χ2n) is 6.20. The summed E-state index contributed by atoms with van der Waals surface area (Å²) in [4.78, 5) is 19.0. The third-order valence-corrected chi connectivity index (χ3v) is 5.59. The second kappa shape index (κ2) is 7.34. The van der Waals surface area contributed by atoms with E-state index in [0.717, 1.165) is 36.5 Å². The Hall–Kier alpha value is -1.88. The van der Waals surface area contributed by atoms with Crippen molar-refractivity contribution in [1.82, 2.24) is 4.90 Å². The third-order valence-electron chi connectivity index (χ3n) is 4.51. The lowest BCUT2D eigenvalue weighted by Crippen LogP contribution is -2.48. The highest BCUT2D eigenvalue weighted by atomic mass is 32.1. The van der Waals surface area contributed by atoms with E-state index in [9.17, 15) is 9.18 Å². The average Bonchev–Trinajstić information content (AvgIpc) is 2.96. The molecule has 1 aromatic heterocycles. The van der Waals surface area contributed by atoms with Crippen LogP contribution in [0.15, 0.2) is 30.3 Å². The molecule has 2 aromatic rings. The summed E-state index contributed by atoms with van der Waals surface area (Å²) < 4.78 is 13.0. The number of thiophene rings is 1. The molecule has 3 rings (SSSR count). The zero-order valence-corrected chi connectivity index (χ0v) is 15.0. The van der Waals surface area contributed by atoms with Gasteiger partial charge in [0.25, 0.3) is 5.91 Å². The third kappa shape index (κ3) is 3.61. The van der Waals surface area contributed by atoms with Crippen molar-refractivity contribution in [3.05, 3.63) is 51.5 Å². The first kappa shape index (κ1) is 17.0. The van der Waals surface area contributed by atoms with E-state index in [2.05, 4.69) is 24.8 Å². The Balaban J connectivity index is 1.62. The van der Waals surface area contributed by atoms with Crippen LogP contribution in [0.2, 0.25) is 0 Å². The summed E-state index contributed by atoms with van der Waals surface area (Å²) in [6, 6.07) is 8.63. The molecule has 5 heteroatoms. The van der Waals surface area contributed by atoms with Gasteiger partial charge in [0.15, 0.2) is 0 Å². The predicted octanol–water partition coefficient (Wildman–Crippen LogP) is 4.11. The number of nitrogens with zero attached hydrogens (tertiary/aromatic N) is 2. The number of benzene rings is 1. The normalized spacial score (nSPS) is 15.0. The van der Waals surface area contributed by atoms with Crippen molar-refractivity contribution >= 4 is 22.9 Å². The van der Waals surface area contributed by atoms with E-state index in [1.807, 2.05) is 4.90 Å². The van der Waals surface area contributed by atoms with Crippen molar-refractivity contribution in [1.29, 1.82) is 0 Å². The number of aryl methyl sites for hydroxylation is 2. The molecule has 1 amide bonds. The van der Waals surface area contributed by atoms with Gasteiger partial charge in [-0.1, -0.05) is 13.3 Å². The Bertz CT molecular complexity index is 703. The van der Waals surface area contributed by atoms with Crippen LogP contribution >= 0.6 is 11.3 Å². The van der Waals surface area contributed by atoms with Gasteiger partial charge >= 0.3 is 0 Å². The number of carbonyl (C=O) groups is 1. The van der Waals surface area contributed by atoms with Crippen LogP contribution in [-0.2, 0) is 6.42 Å². The highest BCUT2D eigenvalue weighted by molar-refractivity contribution is 7.14. The summed E-state index contributed by atoms with van der Waals surface area (Å²) in [6.07, 6.45) is 2.13. The van der Waals surface area contributed by atoms with Crippen LogP contribution in [-0.4, -0.2) is 37.0 Å². The number of anilines is 1. The number of hydrogen-bond acceptors (Lipinski definition) is 3. The van der Waals surface area contributed by atoms with Gasteiger partial charge in [0, 0.05) is 36.7 Å². The number of amides is 1. The number of piperazine rings is 1. The van der Waals surface area contributed by atoms with Crippen molar-refractivity contribution in [3.63, 3.8) is 0 Å². The van der Waals surface area contributed by atoms with Crippen LogP contribution in [0.3, 0.4) is 0 Å². The van der Waals surface area contributed by atoms with Gasteiger partial charge in [-0.15, -0.1) is 11.3 Å². The molecule has 24 heavy (non-hydrogen) atoms. The van der Waals surface area contributed by atoms with E-state index in [1.54, 1.807) is 23.5 Å². The largest absolute Gasteiger partial charge is 0.368 e. The van der Waals surface area contributed by atoms with Crippen LogP contribution in [0.4, 0.5) is 10.1 Å². The molecule has 0 unspecified atom stereocenters. The molecule has 0 atom stereocenters. The van der Waals surface area contributed by atoms with E-state index in [1.165, 1.54) is 22.6 Å². The molecular formula is C19H23FN2OS. The number of halogens is 1. The molecule has 2 heterocycles. The standard InChI is InChI=1S/C19H23FN2OS/c1-3-4-15-13-18(24-14(15)2)19(23)22-11-9-21(10-12-22)17-7-5-16(20)6-8-17/h5-8,13H,3-4,9-12H2,1-2H3. The van der Waals surface area contributed by atoms with Gasteiger partial charge in [0.1, 0.15) is 5.82 Å². The molecule has 0 N–H and O–H groups in total.